The molecule has 0 spiro atoms. The van der Waals surface area contributed by atoms with Gasteiger partial charge in [0.15, 0.2) is 0 Å². The number of carbonyl (C=O) groups is 2. The van der Waals surface area contributed by atoms with Gasteiger partial charge in [-0.3, -0.25) is 14.5 Å². The van der Waals surface area contributed by atoms with Crippen molar-refractivity contribution in [2.24, 2.45) is 0 Å². The van der Waals surface area contributed by atoms with Gasteiger partial charge >= 0.3 is 5.97 Å². The molecule has 2 rings (SSSR count). The highest BCUT2D eigenvalue weighted by atomic mass is 79.9. The lowest BCUT2D eigenvalue weighted by Gasteiger charge is -2.26. The summed E-state index contributed by atoms with van der Waals surface area (Å²) in [6, 6.07) is 11.8. The number of esters is 1. The number of carbonyl (C=O) groups excluding carboxylic acids is 2. The second kappa shape index (κ2) is 8.42. The van der Waals surface area contributed by atoms with Crippen LogP contribution in [0.1, 0.15) is 31.1 Å². The monoisotopic (exact) mass is 457 g/mol. The molecule has 0 atom stereocenters. The van der Waals surface area contributed by atoms with Crippen LogP contribution in [0.25, 0.3) is 0 Å². The molecule has 4 nitrogen and oxygen atoms in total. The number of hydrogen-bond donors (Lipinski definition) is 0. The Labute approximate surface area is 171 Å². The first kappa shape index (κ1) is 20.7. The Morgan fingerprint density at radius 3 is 2.19 bits per heavy atom. The van der Waals surface area contributed by atoms with Gasteiger partial charge in [-0.05, 0) is 51.1 Å². The van der Waals surface area contributed by atoms with Gasteiger partial charge in [0.2, 0.25) is 0 Å². The van der Waals surface area contributed by atoms with E-state index in [0.717, 1.165) is 4.47 Å². The molecule has 0 heterocycles. The molecule has 0 saturated heterocycles. The van der Waals surface area contributed by atoms with Crippen molar-refractivity contribution in [3.63, 3.8) is 0 Å². The van der Waals surface area contributed by atoms with Crippen molar-refractivity contribution >= 4 is 56.7 Å². The average Bonchev–Trinajstić information content (AvgIpc) is 2.50. The van der Waals surface area contributed by atoms with E-state index < -0.39 is 17.5 Å². The quantitative estimate of drug-likeness (QED) is 0.548. The van der Waals surface area contributed by atoms with Gasteiger partial charge in [0, 0.05) is 10.2 Å². The van der Waals surface area contributed by atoms with Crippen LogP contribution in [-0.2, 0) is 9.53 Å². The molecule has 0 aromatic heterocycles. The Morgan fingerprint density at radius 2 is 1.65 bits per heavy atom. The van der Waals surface area contributed by atoms with Gasteiger partial charge in [-0.1, -0.05) is 51.3 Å². The van der Waals surface area contributed by atoms with Gasteiger partial charge in [0.1, 0.15) is 12.1 Å². The van der Waals surface area contributed by atoms with Crippen LogP contribution in [0.2, 0.25) is 10.0 Å². The van der Waals surface area contributed by atoms with Crippen molar-refractivity contribution in [3.05, 3.63) is 62.5 Å². The summed E-state index contributed by atoms with van der Waals surface area (Å²) in [5.41, 5.74) is -0.00365. The van der Waals surface area contributed by atoms with Crippen LogP contribution in [0.15, 0.2) is 46.9 Å². The van der Waals surface area contributed by atoms with E-state index in [4.69, 9.17) is 27.9 Å². The first-order valence-corrected chi connectivity index (χ1v) is 9.36. The van der Waals surface area contributed by atoms with Gasteiger partial charge in [0.05, 0.1) is 15.6 Å². The van der Waals surface area contributed by atoms with E-state index in [2.05, 4.69) is 15.9 Å². The lowest BCUT2D eigenvalue weighted by atomic mass is 10.1. The number of benzene rings is 2. The average molecular weight is 459 g/mol. The predicted molar refractivity (Wildman–Crippen MR) is 108 cm³/mol. The van der Waals surface area contributed by atoms with Crippen molar-refractivity contribution in [2.45, 2.75) is 26.4 Å². The summed E-state index contributed by atoms with van der Waals surface area (Å²) in [5, 5.41) is 0.429. The van der Waals surface area contributed by atoms with Gasteiger partial charge in [0.25, 0.3) is 5.91 Å². The molecule has 26 heavy (non-hydrogen) atoms. The molecule has 1 amide bonds. The summed E-state index contributed by atoms with van der Waals surface area (Å²) in [6.07, 6.45) is 0. The number of halogens is 3. The molecule has 138 valence electrons. The van der Waals surface area contributed by atoms with Crippen molar-refractivity contribution < 1.29 is 14.3 Å². The van der Waals surface area contributed by atoms with Crippen LogP contribution in [0.5, 0.6) is 0 Å². The molecule has 2 aromatic rings. The number of amides is 1. The number of rotatable bonds is 4. The smallest absolute Gasteiger partial charge is 0.326 e. The van der Waals surface area contributed by atoms with E-state index in [0.29, 0.717) is 5.69 Å². The zero-order valence-electron chi connectivity index (χ0n) is 14.6. The van der Waals surface area contributed by atoms with Crippen LogP contribution < -0.4 is 4.90 Å². The first-order chi connectivity index (χ1) is 12.1. The fourth-order valence-electron chi connectivity index (χ4n) is 2.26. The van der Waals surface area contributed by atoms with Gasteiger partial charge in [-0.2, -0.15) is 0 Å². The number of anilines is 1. The molecule has 0 aliphatic carbocycles. The van der Waals surface area contributed by atoms with Crippen molar-refractivity contribution in [1.82, 2.24) is 0 Å². The summed E-state index contributed by atoms with van der Waals surface area (Å²) in [5.74, 6) is -1.02. The molecular formula is C19H18BrCl2NO3. The highest BCUT2D eigenvalue weighted by Gasteiger charge is 2.27. The van der Waals surface area contributed by atoms with E-state index in [-0.39, 0.29) is 22.2 Å². The van der Waals surface area contributed by atoms with E-state index in [1.165, 1.54) is 4.90 Å². The Bertz CT molecular complexity index is 814. The summed E-state index contributed by atoms with van der Waals surface area (Å²) in [6.45, 7) is 5.03. The van der Waals surface area contributed by atoms with Crippen molar-refractivity contribution in [3.8, 4) is 0 Å². The third kappa shape index (κ3) is 5.47. The van der Waals surface area contributed by atoms with Gasteiger partial charge < -0.3 is 4.74 Å². The van der Waals surface area contributed by atoms with Gasteiger partial charge in [-0.15, -0.1) is 0 Å². The van der Waals surface area contributed by atoms with Crippen LogP contribution in [-0.4, -0.2) is 24.0 Å². The summed E-state index contributed by atoms with van der Waals surface area (Å²) >= 11 is 15.7. The van der Waals surface area contributed by atoms with Gasteiger partial charge in [-0.25, -0.2) is 0 Å². The maximum Gasteiger partial charge on any atom is 0.326 e. The third-order valence-electron chi connectivity index (χ3n) is 3.25. The van der Waals surface area contributed by atoms with Crippen LogP contribution in [0.3, 0.4) is 0 Å². The highest BCUT2D eigenvalue weighted by molar-refractivity contribution is 9.10. The lowest BCUT2D eigenvalue weighted by molar-refractivity contribution is -0.152. The minimum Gasteiger partial charge on any atom is -0.459 e. The fraction of sp³-hybridized carbons (Fsp3) is 0.263. The maximum atomic E-state index is 13.1. The molecule has 0 unspecified atom stereocenters. The fourth-order valence-corrected chi connectivity index (χ4v) is 3.21. The highest BCUT2D eigenvalue weighted by Crippen LogP contribution is 2.29. The minimum atomic E-state index is -0.662. The standard InChI is InChI=1S/C19H18BrCl2NO3/c1-19(2,3)26-16(24)11-23(13-7-4-6-12(20)10-13)18(25)17-14(21)8-5-9-15(17)22/h4-10H,11H2,1-3H3. The Hall–Kier alpha value is -1.56. The molecule has 0 aliphatic rings. The molecule has 0 radical (unpaired) electrons. The summed E-state index contributed by atoms with van der Waals surface area (Å²) in [4.78, 5) is 26.8. The van der Waals surface area contributed by atoms with E-state index in [1.54, 1.807) is 57.2 Å². The SMILES string of the molecule is CC(C)(C)OC(=O)CN(C(=O)c1c(Cl)cccc1Cl)c1cccc(Br)c1. The first-order valence-electron chi connectivity index (χ1n) is 7.82. The second-order valence-corrected chi connectivity index (χ2v) is 8.28. The normalized spacial score (nSPS) is 11.2. The van der Waals surface area contributed by atoms with E-state index in [1.807, 2.05) is 6.07 Å². The number of nitrogens with zero attached hydrogens (tertiary/aromatic N) is 1. The molecular weight excluding hydrogens is 441 g/mol. The zero-order valence-corrected chi connectivity index (χ0v) is 17.7. The molecule has 0 saturated carbocycles. The van der Waals surface area contributed by atoms with Crippen molar-refractivity contribution in [1.29, 1.82) is 0 Å². The maximum absolute atomic E-state index is 13.1. The largest absolute Gasteiger partial charge is 0.459 e. The second-order valence-electron chi connectivity index (χ2n) is 6.55. The predicted octanol–water partition coefficient (Wildman–Crippen LogP) is 5.74. The zero-order chi connectivity index (χ0) is 19.5. The van der Waals surface area contributed by atoms with Crippen molar-refractivity contribution in [2.75, 3.05) is 11.4 Å². The minimum absolute atomic E-state index is 0.138. The number of ether oxygens (including phenoxy) is 1. The third-order valence-corrected chi connectivity index (χ3v) is 4.37. The molecule has 7 heteroatoms. The van der Waals surface area contributed by atoms with Crippen LogP contribution in [0.4, 0.5) is 5.69 Å². The van der Waals surface area contributed by atoms with Crippen LogP contribution in [0, 0.1) is 0 Å². The molecule has 0 fully saturated rings. The van der Waals surface area contributed by atoms with Crippen LogP contribution >= 0.6 is 39.1 Å². The summed E-state index contributed by atoms with van der Waals surface area (Å²) in [7, 11) is 0. The molecule has 0 aliphatic heterocycles. The summed E-state index contributed by atoms with van der Waals surface area (Å²) < 4.78 is 6.12. The molecule has 0 bridgehead atoms. The Balaban J connectivity index is 2.43. The lowest BCUT2D eigenvalue weighted by Crippen LogP contribution is -2.39. The van der Waals surface area contributed by atoms with E-state index in [9.17, 15) is 9.59 Å². The Kier molecular flexibility index (Phi) is 6.72. The number of hydrogen-bond acceptors (Lipinski definition) is 3. The topological polar surface area (TPSA) is 46.6 Å². The molecule has 2 aromatic carbocycles. The molecule has 0 N–H and O–H groups in total. The van der Waals surface area contributed by atoms with E-state index >= 15 is 0 Å². The Morgan fingerprint density at radius 1 is 1.08 bits per heavy atom.